The van der Waals surface area contributed by atoms with Crippen molar-refractivity contribution in [3.8, 4) is 11.3 Å². The van der Waals surface area contributed by atoms with Crippen molar-refractivity contribution in [3.63, 3.8) is 0 Å². The number of halogens is 1. The maximum absolute atomic E-state index is 13.5. The highest BCUT2D eigenvalue weighted by molar-refractivity contribution is 9.10. The number of aromatic nitrogens is 1. The van der Waals surface area contributed by atoms with Crippen LogP contribution in [0.2, 0.25) is 0 Å². The molecule has 0 spiro atoms. The van der Waals surface area contributed by atoms with E-state index in [1.807, 2.05) is 84.2 Å². The molecular weight excluding hydrogens is 578 g/mol. The van der Waals surface area contributed by atoms with E-state index in [4.69, 9.17) is 0 Å². The number of nitrogens with one attached hydrogen (secondary N) is 2. The topological polar surface area (TPSA) is 71.1 Å². The summed E-state index contributed by atoms with van der Waals surface area (Å²) < 4.78 is 1.01. The number of nitrogens with zero attached hydrogens (tertiary/aromatic N) is 1. The molecule has 0 radical (unpaired) electrons. The summed E-state index contributed by atoms with van der Waals surface area (Å²) in [7, 11) is 0. The lowest BCUT2D eigenvalue weighted by Crippen LogP contribution is -2.24. The highest BCUT2D eigenvalue weighted by Gasteiger charge is 2.24. The fourth-order valence-electron chi connectivity index (χ4n) is 4.52. The zero-order valence-electron chi connectivity index (χ0n) is 20.7. The summed E-state index contributed by atoms with van der Waals surface area (Å²) in [5, 5.41) is 8.13. The minimum absolute atomic E-state index is 0.109. The monoisotopic (exact) mass is 605 g/mol. The van der Waals surface area contributed by atoms with Crippen LogP contribution in [0.15, 0.2) is 93.6 Å². The molecule has 0 aliphatic heterocycles. The highest BCUT2D eigenvalue weighted by atomic mass is 79.9. The van der Waals surface area contributed by atoms with Crippen molar-refractivity contribution in [2.24, 2.45) is 5.92 Å². The number of benzene rings is 3. The summed E-state index contributed by atoms with van der Waals surface area (Å²) in [6.07, 6.45) is 5.42. The second-order valence-electron chi connectivity index (χ2n) is 9.29. The van der Waals surface area contributed by atoms with Crippen molar-refractivity contribution < 1.29 is 9.59 Å². The Balaban J connectivity index is 1.27. The molecule has 38 heavy (non-hydrogen) atoms. The van der Waals surface area contributed by atoms with Gasteiger partial charge in [0.1, 0.15) is 5.25 Å². The Morgan fingerprint density at radius 2 is 1.61 bits per heavy atom. The first kappa shape index (κ1) is 26.7. The van der Waals surface area contributed by atoms with Crippen LogP contribution in [0.25, 0.3) is 11.3 Å². The molecule has 1 aromatic heterocycles. The van der Waals surface area contributed by atoms with Gasteiger partial charge in [-0.1, -0.05) is 77.7 Å². The maximum atomic E-state index is 13.5. The fraction of sp³-hybridized carbons (Fsp3) is 0.233. The van der Waals surface area contributed by atoms with E-state index >= 15 is 0 Å². The molecule has 0 bridgehead atoms. The van der Waals surface area contributed by atoms with E-state index in [1.54, 1.807) is 0 Å². The lowest BCUT2D eigenvalue weighted by Gasteiger charge is -2.21. The van der Waals surface area contributed by atoms with Gasteiger partial charge in [-0.3, -0.25) is 9.59 Å². The number of amides is 2. The summed E-state index contributed by atoms with van der Waals surface area (Å²) in [6, 6.07) is 25.4. The van der Waals surface area contributed by atoms with E-state index in [2.05, 4.69) is 31.5 Å². The van der Waals surface area contributed by atoms with Crippen LogP contribution in [0.3, 0.4) is 0 Å². The highest BCUT2D eigenvalue weighted by Crippen LogP contribution is 2.37. The van der Waals surface area contributed by atoms with Gasteiger partial charge in [0.2, 0.25) is 11.8 Å². The van der Waals surface area contributed by atoms with Crippen molar-refractivity contribution in [3.05, 3.63) is 94.3 Å². The Labute approximate surface area is 239 Å². The first-order valence-corrected chi connectivity index (χ1v) is 15.3. The minimum atomic E-state index is -0.459. The van der Waals surface area contributed by atoms with Crippen molar-refractivity contribution in [1.82, 2.24) is 4.98 Å². The molecule has 2 N–H and O–H groups in total. The van der Waals surface area contributed by atoms with Gasteiger partial charge in [0.25, 0.3) is 0 Å². The van der Waals surface area contributed by atoms with E-state index in [0.717, 1.165) is 57.6 Å². The first-order chi connectivity index (χ1) is 18.5. The van der Waals surface area contributed by atoms with Crippen LogP contribution in [0.1, 0.15) is 42.9 Å². The van der Waals surface area contributed by atoms with Gasteiger partial charge in [-0.15, -0.1) is 23.1 Å². The van der Waals surface area contributed by atoms with Crippen LogP contribution >= 0.6 is 39.0 Å². The van der Waals surface area contributed by atoms with Crippen LogP contribution in [-0.4, -0.2) is 16.8 Å². The van der Waals surface area contributed by atoms with Gasteiger partial charge < -0.3 is 10.6 Å². The molecule has 1 aliphatic rings. The van der Waals surface area contributed by atoms with Crippen LogP contribution in [-0.2, 0) is 9.59 Å². The number of thiazole rings is 1. The molecule has 1 heterocycles. The normalized spacial score (nSPS) is 14.6. The minimum Gasteiger partial charge on any atom is -0.326 e. The third-order valence-electron chi connectivity index (χ3n) is 6.57. The molecule has 1 saturated carbocycles. The molecule has 5 rings (SSSR count). The zero-order valence-corrected chi connectivity index (χ0v) is 24.0. The molecule has 194 valence electrons. The predicted molar refractivity (Wildman–Crippen MR) is 161 cm³/mol. The SMILES string of the molecule is O=C(Nc1ccc(SC(C(=O)Nc2nc(-c3ccc(Br)cc3)cs2)c2ccccc2)cc1)C1CCCCC1. The van der Waals surface area contributed by atoms with Crippen molar-refractivity contribution in [1.29, 1.82) is 0 Å². The number of carbonyl (C=O) groups is 2. The Kier molecular flexibility index (Phi) is 8.94. The molecule has 8 heteroatoms. The third kappa shape index (κ3) is 6.92. The zero-order chi connectivity index (χ0) is 26.3. The number of anilines is 2. The molecule has 4 aromatic rings. The van der Waals surface area contributed by atoms with Crippen LogP contribution in [0.5, 0.6) is 0 Å². The van der Waals surface area contributed by atoms with Crippen LogP contribution < -0.4 is 10.6 Å². The summed E-state index contributed by atoms with van der Waals surface area (Å²) in [5.41, 5.74) is 3.52. The van der Waals surface area contributed by atoms with E-state index in [1.165, 1.54) is 29.5 Å². The Bertz CT molecular complexity index is 1370. The van der Waals surface area contributed by atoms with Crippen LogP contribution in [0, 0.1) is 5.92 Å². The molecule has 1 fully saturated rings. The molecule has 1 unspecified atom stereocenters. The molecular formula is C30H28BrN3O2S2. The Morgan fingerprint density at radius 3 is 2.32 bits per heavy atom. The lowest BCUT2D eigenvalue weighted by molar-refractivity contribution is -0.120. The van der Waals surface area contributed by atoms with E-state index in [9.17, 15) is 9.59 Å². The quantitative estimate of drug-likeness (QED) is 0.197. The summed E-state index contributed by atoms with van der Waals surface area (Å²) in [6.45, 7) is 0. The van der Waals surface area contributed by atoms with Gasteiger partial charge in [-0.05, 0) is 54.8 Å². The summed E-state index contributed by atoms with van der Waals surface area (Å²) in [5.74, 6) is 0.0873. The summed E-state index contributed by atoms with van der Waals surface area (Å²) in [4.78, 5) is 31.7. The second-order valence-corrected chi connectivity index (χ2v) is 12.2. The molecule has 5 nitrogen and oxygen atoms in total. The van der Waals surface area contributed by atoms with Gasteiger partial charge in [0.15, 0.2) is 5.13 Å². The average Bonchev–Trinajstić information content (AvgIpc) is 3.42. The van der Waals surface area contributed by atoms with E-state index in [-0.39, 0.29) is 17.7 Å². The number of hydrogen-bond acceptors (Lipinski definition) is 5. The Hall–Kier alpha value is -2.94. The van der Waals surface area contributed by atoms with Gasteiger partial charge in [0.05, 0.1) is 5.69 Å². The van der Waals surface area contributed by atoms with Crippen molar-refractivity contribution in [2.75, 3.05) is 10.6 Å². The predicted octanol–water partition coefficient (Wildman–Crippen LogP) is 8.56. The average molecular weight is 607 g/mol. The Morgan fingerprint density at radius 1 is 0.895 bits per heavy atom. The van der Waals surface area contributed by atoms with Crippen molar-refractivity contribution in [2.45, 2.75) is 42.2 Å². The molecule has 1 atom stereocenters. The lowest BCUT2D eigenvalue weighted by atomic mass is 9.88. The van der Waals surface area contributed by atoms with Gasteiger partial charge in [-0.2, -0.15) is 0 Å². The second kappa shape index (κ2) is 12.7. The van der Waals surface area contributed by atoms with Crippen molar-refractivity contribution >= 4 is 61.7 Å². The molecule has 3 aromatic carbocycles. The van der Waals surface area contributed by atoms with E-state index in [0.29, 0.717) is 5.13 Å². The largest absolute Gasteiger partial charge is 0.326 e. The smallest absolute Gasteiger partial charge is 0.244 e. The fourth-order valence-corrected chi connectivity index (χ4v) is 6.53. The number of thioether (sulfide) groups is 1. The third-order valence-corrected chi connectivity index (χ3v) is 9.12. The van der Waals surface area contributed by atoms with Gasteiger partial charge in [0, 0.05) is 31.9 Å². The van der Waals surface area contributed by atoms with Gasteiger partial charge >= 0.3 is 0 Å². The number of carbonyl (C=O) groups excluding carboxylic acids is 2. The first-order valence-electron chi connectivity index (χ1n) is 12.7. The van der Waals surface area contributed by atoms with Crippen LogP contribution in [0.4, 0.5) is 10.8 Å². The molecule has 1 aliphatic carbocycles. The number of hydrogen-bond donors (Lipinski definition) is 2. The number of rotatable bonds is 8. The molecule has 0 saturated heterocycles. The van der Waals surface area contributed by atoms with Gasteiger partial charge in [-0.25, -0.2) is 4.98 Å². The summed E-state index contributed by atoms with van der Waals surface area (Å²) >= 11 is 6.34. The maximum Gasteiger partial charge on any atom is 0.244 e. The standard InChI is InChI=1S/C30H28BrN3O2S2/c31-23-13-11-20(12-14-23)26-19-37-30(33-26)34-29(36)27(21-7-3-1-4-8-21)38-25-17-15-24(16-18-25)32-28(35)22-9-5-2-6-10-22/h1,3-4,7-8,11-19,22,27H,2,5-6,9-10H2,(H,32,35)(H,33,34,36). The van der Waals surface area contributed by atoms with E-state index < -0.39 is 5.25 Å². The molecule has 2 amide bonds.